The normalized spacial score (nSPS) is 14.6. The van der Waals surface area contributed by atoms with Crippen LogP contribution in [0.3, 0.4) is 0 Å². The molecule has 1 fully saturated rings. The summed E-state index contributed by atoms with van der Waals surface area (Å²) in [7, 11) is 1.33. The number of hydrogen-bond donors (Lipinski definition) is 1. The van der Waals surface area contributed by atoms with Crippen molar-refractivity contribution in [3.63, 3.8) is 0 Å². The fraction of sp³-hybridized carbons (Fsp3) is 0.419. The molecule has 4 rings (SSSR count). The van der Waals surface area contributed by atoms with Crippen LogP contribution in [0, 0.1) is 6.92 Å². The average molecular weight is 625 g/mol. The summed E-state index contributed by atoms with van der Waals surface area (Å²) >= 11 is 0. The van der Waals surface area contributed by atoms with E-state index in [1.54, 1.807) is 6.07 Å². The first-order valence-electron chi connectivity index (χ1n) is 14.0. The third-order valence-electron chi connectivity index (χ3n) is 7.38. The van der Waals surface area contributed by atoms with E-state index >= 15 is 0 Å². The Morgan fingerprint density at radius 3 is 2.11 bits per heavy atom. The van der Waals surface area contributed by atoms with Crippen molar-refractivity contribution in [3.05, 3.63) is 82.5 Å². The maximum atomic E-state index is 13.6. The highest BCUT2D eigenvalue weighted by molar-refractivity contribution is 6.01. The maximum absolute atomic E-state index is 13.6. The molecular formula is C31H34F6N4O3. The molecule has 0 unspecified atom stereocenters. The highest BCUT2D eigenvalue weighted by Gasteiger charge is 2.37. The number of carbonyl (C=O) groups excluding carboxylic acids is 1. The van der Waals surface area contributed by atoms with Gasteiger partial charge in [0.1, 0.15) is 5.82 Å². The first-order chi connectivity index (χ1) is 20.8. The van der Waals surface area contributed by atoms with Crippen molar-refractivity contribution >= 4 is 11.7 Å². The van der Waals surface area contributed by atoms with Crippen molar-refractivity contribution in [1.82, 2.24) is 14.8 Å². The van der Waals surface area contributed by atoms with E-state index < -0.39 is 35.9 Å². The molecule has 0 radical (unpaired) electrons. The molecule has 1 N–H and O–H groups in total. The van der Waals surface area contributed by atoms with E-state index in [1.807, 2.05) is 31.2 Å². The summed E-state index contributed by atoms with van der Waals surface area (Å²) in [4.78, 5) is 23.6. The van der Waals surface area contributed by atoms with Crippen molar-refractivity contribution in [2.24, 2.45) is 0 Å². The minimum Gasteiger partial charge on any atom is -0.394 e. The Hall–Kier alpha value is -3.68. The lowest BCUT2D eigenvalue weighted by Gasteiger charge is -2.35. The number of nitrogens with zero attached hydrogens (tertiary/aromatic N) is 4. The number of rotatable bonds is 10. The van der Waals surface area contributed by atoms with Crippen LogP contribution in [-0.4, -0.2) is 85.4 Å². The van der Waals surface area contributed by atoms with Gasteiger partial charge in [0.2, 0.25) is 0 Å². The number of aliphatic hydroxyl groups is 1. The number of alkyl halides is 6. The zero-order valence-electron chi connectivity index (χ0n) is 24.4. The number of amides is 1. The summed E-state index contributed by atoms with van der Waals surface area (Å²) in [5.74, 6) is 0.0435. The van der Waals surface area contributed by atoms with E-state index in [0.29, 0.717) is 55.4 Å². The van der Waals surface area contributed by atoms with E-state index in [2.05, 4.69) is 14.8 Å². The van der Waals surface area contributed by atoms with Crippen molar-refractivity contribution in [2.45, 2.75) is 25.8 Å². The Labute approximate surface area is 251 Å². The van der Waals surface area contributed by atoms with Gasteiger partial charge in [-0.2, -0.15) is 26.3 Å². The predicted octanol–water partition coefficient (Wildman–Crippen LogP) is 5.50. The Morgan fingerprint density at radius 2 is 1.55 bits per heavy atom. The summed E-state index contributed by atoms with van der Waals surface area (Å²) in [6, 6.07) is 10.6. The summed E-state index contributed by atoms with van der Waals surface area (Å²) in [5, 5.41) is 8.86. The molecule has 0 aliphatic carbocycles. The van der Waals surface area contributed by atoms with Crippen LogP contribution in [0.25, 0.3) is 11.1 Å². The number of aryl methyl sites for hydroxylation is 1. The van der Waals surface area contributed by atoms with Gasteiger partial charge in [-0.15, -0.1) is 0 Å². The minimum absolute atomic E-state index is 0.0265. The van der Waals surface area contributed by atoms with Crippen LogP contribution in [0.4, 0.5) is 32.2 Å². The summed E-state index contributed by atoms with van der Waals surface area (Å²) < 4.78 is 85.7. The number of hydrogen-bond acceptors (Lipinski definition) is 6. The highest BCUT2D eigenvalue weighted by atomic mass is 19.4. The first-order valence-corrected chi connectivity index (χ1v) is 14.0. The van der Waals surface area contributed by atoms with Gasteiger partial charge >= 0.3 is 12.4 Å². The highest BCUT2D eigenvalue weighted by Crippen LogP contribution is 2.37. The standard InChI is InChI=1S/C31H34F6N4O3/c1-21-3-5-23(6-4-21)26-18-28(41-9-7-40(8-10-41)11-13-44-14-12-42)38-19-27(26)29(43)39(2)20-22-15-24(30(32,33)34)17-25(16-22)31(35,36)37/h3-6,15-19,42H,7-14,20H2,1-2H3. The smallest absolute Gasteiger partial charge is 0.394 e. The van der Waals surface area contributed by atoms with Crippen LogP contribution in [0.2, 0.25) is 0 Å². The molecule has 0 spiro atoms. The molecule has 0 saturated carbocycles. The second kappa shape index (κ2) is 14.0. The molecule has 13 heteroatoms. The number of ether oxygens (including phenoxy) is 1. The minimum atomic E-state index is -4.99. The SMILES string of the molecule is Cc1ccc(-c2cc(N3CCN(CCOCCO)CC3)ncc2C(=O)N(C)Cc2cc(C(F)(F)F)cc(C(F)(F)F)c2)cc1. The lowest BCUT2D eigenvalue weighted by Crippen LogP contribution is -2.47. The Kier molecular flexibility index (Phi) is 10.5. The molecule has 7 nitrogen and oxygen atoms in total. The van der Waals surface area contributed by atoms with E-state index in [0.717, 1.165) is 30.1 Å². The van der Waals surface area contributed by atoms with Crippen molar-refractivity contribution in [3.8, 4) is 11.1 Å². The van der Waals surface area contributed by atoms with Gasteiger partial charge in [0.05, 0.1) is 36.5 Å². The Bertz CT molecular complexity index is 1390. The van der Waals surface area contributed by atoms with Gasteiger partial charge in [-0.25, -0.2) is 4.98 Å². The lowest BCUT2D eigenvalue weighted by molar-refractivity contribution is -0.143. The fourth-order valence-electron chi connectivity index (χ4n) is 4.98. The Balaban J connectivity index is 1.58. The molecule has 1 aliphatic rings. The molecule has 3 aromatic rings. The van der Waals surface area contributed by atoms with Crippen molar-refractivity contribution < 1.29 is 41.0 Å². The first kappa shape index (κ1) is 33.2. The zero-order chi connectivity index (χ0) is 32.1. The van der Waals surface area contributed by atoms with Crippen LogP contribution < -0.4 is 4.90 Å². The molecule has 2 heterocycles. The number of pyridine rings is 1. The van der Waals surface area contributed by atoms with E-state index in [9.17, 15) is 31.1 Å². The molecule has 0 bridgehead atoms. The number of carbonyl (C=O) groups is 1. The van der Waals surface area contributed by atoms with Crippen LogP contribution in [0.15, 0.2) is 54.7 Å². The predicted molar refractivity (Wildman–Crippen MR) is 153 cm³/mol. The second-order valence-corrected chi connectivity index (χ2v) is 10.7. The summed E-state index contributed by atoms with van der Waals surface area (Å²) in [5.41, 5.74) is -0.746. The number of benzene rings is 2. The zero-order valence-corrected chi connectivity index (χ0v) is 24.4. The maximum Gasteiger partial charge on any atom is 0.416 e. The number of halogens is 6. The van der Waals surface area contributed by atoms with Crippen molar-refractivity contribution in [2.75, 3.05) is 64.5 Å². The third-order valence-corrected chi connectivity index (χ3v) is 7.38. The molecule has 1 aliphatic heterocycles. The molecule has 1 saturated heterocycles. The number of aliphatic hydroxyl groups excluding tert-OH is 1. The number of piperazine rings is 1. The van der Waals surface area contributed by atoms with Crippen LogP contribution >= 0.6 is 0 Å². The number of aromatic nitrogens is 1. The topological polar surface area (TPSA) is 69.1 Å². The molecule has 2 aromatic carbocycles. The molecular weight excluding hydrogens is 590 g/mol. The average Bonchev–Trinajstić information content (AvgIpc) is 2.98. The van der Waals surface area contributed by atoms with Crippen LogP contribution in [0.5, 0.6) is 0 Å². The quantitative estimate of drug-likeness (QED) is 0.238. The lowest BCUT2D eigenvalue weighted by atomic mass is 9.99. The summed E-state index contributed by atoms with van der Waals surface area (Å²) in [6.07, 6.45) is -8.57. The van der Waals surface area contributed by atoms with Crippen LogP contribution in [-0.2, 0) is 23.6 Å². The molecule has 238 valence electrons. The van der Waals surface area contributed by atoms with E-state index in [1.165, 1.54) is 13.2 Å². The van der Waals surface area contributed by atoms with Gasteiger partial charge in [0.25, 0.3) is 5.91 Å². The van der Waals surface area contributed by atoms with Crippen LogP contribution in [0.1, 0.15) is 32.6 Å². The van der Waals surface area contributed by atoms with Gasteiger partial charge in [-0.3, -0.25) is 9.69 Å². The van der Waals surface area contributed by atoms with E-state index in [-0.39, 0.29) is 23.8 Å². The number of anilines is 1. The molecule has 1 aromatic heterocycles. The molecule has 0 atom stereocenters. The third kappa shape index (κ3) is 8.48. The van der Waals surface area contributed by atoms with E-state index in [4.69, 9.17) is 9.84 Å². The molecule has 1 amide bonds. The van der Waals surface area contributed by atoms with Gasteiger partial charge < -0.3 is 19.6 Å². The Morgan fingerprint density at radius 1 is 0.932 bits per heavy atom. The van der Waals surface area contributed by atoms with Gasteiger partial charge in [-0.05, 0) is 47.9 Å². The fourth-order valence-corrected chi connectivity index (χ4v) is 4.98. The molecule has 44 heavy (non-hydrogen) atoms. The van der Waals surface area contributed by atoms with Crippen molar-refractivity contribution in [1.29, 1.82) is 0 Å². The van der Waals surface area contributed by atoms with Gasteiger partial charge in [0, 0.05) is 52.5 Å². The second-order valence-electron chi connectivity index (χ2n) is 10.7. The summed E-state index contributed by atoms with van der Waals surface area (Å²) in [6.45, 7) is 5.79. The largest absolute Gasteiger partial charge is 0.416 e. The van der Waals surface area contributed by atoms with Gasteiger partial charge in [0.15, 0.2) is 0 Å². The van der Waals surface area contributed by atoms with Gasteiger partial charge in [-0.1, -0.05) is 29.8 Å². The monoisotopic (exact) mass is 624 g/mol.